The Morgan fingerprint density at radius 1 is 1.04 bits per heavy atom. The van der Waals surface area contributed by atoms with E-state index >= 15 is 0 Å². The molecule has 144 valence electrons. The number of ether oxygens (including phenoxy) is 1. The van der Waals surface area contributed by atoms with E-state index in [2.05, 4.69) is 0 Å². The van der Waals surface area contributed by atoms with Crippen molar-refractivity contribution < 1.29 is 17.9 Å². The molecule has 27 heavy (non-hydrogen) atoms. The van der Waals surface area contributed by atoms with Gasteiger partial charge >= 0.3 is 6.18 Å². The molecule has 0 aliphatic rings. The minimum absolute atomic E-state index is 0.126. The fourth-order valence-corrected chi connectivity index (χ4v) is 2.72. The standard InChI is InChI=1S/C21H23F3N2O/c1-20(2,3)15-26(11-12-27-18-7-5-4-6-8-18)17-10-9-16(14-25)19(13-17)21(22,23)24/h4-10,13H,11-12,15H2,1-3H3. The molecule has 0 bridgehead atoms. The fraction of sp³-hybridized carbons (Fsp3) is 0.381. The third kappa shape index (κ3) is 6.21. The van der Waals surface area contributed by atoms with Gasteiger partial charge in [0.15, 0.2) is 0 Å². The molecule has 2 aromatic carbocycles. The van der Waals surface area contributed by atoms with Gasteiger partial charge in [0.2, 0.25) is 0 Å². The van der Waals surface area contributed by atoms with E-state index in [1.807, 2.05) is 56.0 Å². The molecule has 0 aliphatic carbocycles. The van der Waals surface area contributed by atoms with Crippen molar-refractivity contribution in [3.05, 3.63) is 59.7 Å². The second-order valence-electron chi connectivity index (χ2n) is 7.48. The molecule has 0 unspecified atom stereocenters. The lowest BCUT2D eigenvalue weighted by atomic mass is 9.95. The number of nitrogens with zero attached hydrogens (tertiary/aromatic N) is 2. The molecule has 0 saturated heterocycles. The van der Waals surface area contributed by atoms with Crippen LogP contribution in [0.4, 0.5) is 18.9 Å². The molecule has 2 rings (SSSR count). The summed E-state index contributed by atoms with van der Waals surface area (Å²) in [5, 5.41) is 8.98. The van der Waals surface area contributed by atoms with Gasteiger partial charge in [-0.25, -0.2) is 0 Å². The minimum Gasteiger partial charge on any atom is -0.492 e. The Bertz CT molecular complexity index is 790. The van der Waals surface area contributed by atoms with Gasteiger partial charge in [0.25, 0.3) is 0 Å². The molecule has 0 aliphatic heterocycles. The number of rotatable bonds is 6. The average Bonchev–Trinajstić information content (AvgIpc) is 2.59. The van der Waals surface area contributed by atoms with Gasteiger partial charge in [-0.3, -0.25) is 0 Å². The second kappa shape index (κ2) is 8.34. The highest BCUT2D eigenvalue weighted by atomic mass is 19.4. The van der Waals surface area contributed by atoms with Crippen LogP contribution in [0.25, 0.3) is 0 Å². The SMILES string of the molecule is CC(C)(C)CN(CCOc1ccccc1)c1ccc(C#N)c(C(F)(F)F)c1. The summed E-state index contributed by atoms with van der Waals surface area (Å²) in [7, 11) is 0. The van der Waals surface area contributed by atoms with Crippen molar-refractivity contribution in [1.82, 2.24) is 0 Å². The molecule has 0 fully saturated rings. The van der Waals surface area contributed by atoms with Crippen molar-refractivity contribution >= 4 is 5.69 Å². The van der Waals surface area contributed by atoms with Gasteiger partial charge in [-0.1, -0.05) is 39.0 Å². The Balaban J connectivity index is 2.24. The van der Waals surface area contributed by atoms with Crippen molar-refractivity contribution in [2.45, 2.75) is 26.9 Å². The topological polar surface area (TPSA) is 36.3 Å². The Hall–Kier alpha value is -2.68. The van der Waals surface area contributed by atoms with Crippen LogP contribution in [0.3, 0.4) is 0 Å². The molecule has 0 saturated carbocycles. The Kier molecular flexibility index (Phi) is 6.37. The number of alkyl halides is 3. The van der Waals surface area contributed by atoms with Crippen LogP contribution in [0.1, 0.15) is 31.9 Å². The molecule has 3 nitrogen and oxygen atoms in total. The van der Waals surface area contributed by atoms with Crippen molar-refractivity contribution in [3.63, 3.8) is 0 Å². The summed E-state index contributed by atoms with van der Waals surface area (Å²) in [6.45, 7) is 7.37. The number of nitriles is 1. The van der Waals surface area contributed by atoms with Gasteiger partial charge in [-0.05, 0) is 35.7 Å². The predicted octanol–water partition coefficient (Wildman–Crippen LogP) is 5.51. The highest BCUT2D eigenvalue weighted by Gasteiger charge is 2.34. The molecule has 0 amide bonds. The van der Waals surface area contributed by atoms with Crippen LogP contribution >= 0.6 is 0 Å². The van der Waals surface area contributed by atoms with Crippen molar-refractivity contribution in [3.8, 4) is 11.8 Å². The normalized spacial score (nSPS) is 11.7. The third-order valence-corrected chi connectivity index (χ3v) is 3.83. The Morgan fingerprint density at radius 2 is 1.70 bits per heavy atom. The van der Waals surface area contributed by atoms with Gasteiger partial charge in [-0.15, -0.1) is 0 Å². The average molecular weight is 376 g/mol. The zero-order chi connectivity index (χ0) is 20.1. The minimum atomic E-state index is -4.57. The van der Waals surface area contributed by atoms with E-state index < -0.39 is 11.7 Å². The van der Waals surface area contributed by atoms with Crippen molar-refractivity contribution in [2.24, 2.45) is 5.41 Å². The Morgan fingerprint density at radius 3 is 2.26 bits per heavy atom. The maximum absolute atomic E-state index is 13.3. The van der Waals surface area contributed by atoms with E-state index in [-0.39, 0.29) is 11.0 Å². The number of benzene rings is 2. The highest BCUT2D eigenvalue weighted by Crippen LogP contribution is 2.35. The quantitative estimate of drug-likeness (QED) is 0.667. The van der Waals surface area contributed by atoms with E-state index in [9.17, 15) is 13.2 Å². The lowest BCUT2D eigenvalue weighted by molar-refractivity contribution is -0.137. The summed E-state index contributed by atoms with van der Waals surface area (Å²) >= 11 is 0. The van der Waals surface area contributed by atoms with Crippen LogP contribution in [0.15, 0.2) is 48.5 Å². The third-order valence-electron chi connectivity index (χ3n) is 3.83. The number of hydrogen-bond donors (Lipinski definition) is 0. The van der Waals surface area contributed by atoms with Crippen LogP contribution in [-0.2, 0) is 6.18 Å². The first kappa shape index (κ1) is 20.6. The number of anilines is 1. The molecular formula is C21H23F3N2O. The van der Waals surface area contributed by atoms with Gasteiger partial charge in [0, 0.05) is 12.2 Å². The van der Waals surface area contributed by atoms with Gasteiger partial charge in [0.05, 0.1) is 23.7 Å². The smallest absolute Gasteiger partial charge is 0.417 e. The van der Waals surface area contributed by atoms with Crippen molar-refractivity contribution in [1.29, 1.82) is 5.26 Å². The second-order valence-corrected chi connectivity index (χ2v) is 7.48. The van der Waals surface area contributed by atoms with E-state index in [4.69, 9.17) is 10.00 Å². The molecule has 6 heteroatoms. The number of halogens is 3. The summed E-state index contributed by atoms with van der Waals surface area (Å²) < 4.78 is 45.6. The lowest BCUT2D eigenvalue weighted by Gasteiger charge is -2.32. The van der Waals surface area contributed by atoms with Gasteiger partial charge in [-0.2, -0.15) is 18.4 Å². The first-order chi connectivity index (χ1) is 12.6. The predicted molar refractivity (Wildman–Crippen MR) is 99.8 cm³/mol. The molecule has 0 radical (unpaired) electrons. The maximum Gasteiger partial charge on any atom is 0.417 e. The van der Waals surface area contributed by atoms with E-state index in [0.717, 1.165) is 6.07 Å². The molecule has 0 spiro atoms. The molecule has 0 atom stereocenters. The number of para-hydroxylation sites is 1. The maximum atomic E-state index is 13.3. The summed E-state index contributed by atoms with van der Waals surface area (Å²) in [6, 6.07) is 14.7. The lowest BCUT2D eigenvalue weighted by Crippen LogP contribution is -2.36. The van der Waals surface area contributed by atoms with E-state index in [1.54, 1.807) is 12.1 Å². The summed E-state index contributed by atoms with van der Waals surface area (Å²) in [6.07, 6.45) is -4.57. The first-order valence-electron chi connectivity index (χ1n) is 8.64. The van der Waals surface area contributed by atoms with Crippen molar-refractivity contribution in [2.75, 3.05) is 24.6 Å². The van der Waals surface area contributed by atoms with Gasteiger partial charge < -0.3 is 9.64 Å². The monoisotopic (exact) mass is 376 g/mol. The molecular weight excluding hydrogens is 353 g/mol. The molecule has 0 heterocycles. The first-order valence-corrected chi connectivity index (χ1v) is 8.64. The van der Waals surface area contributed by atoms with Gasteiger partial charge in [0.1, 0.15) is 12.4 Å². The fourth-order valence-electron chi connectivity index (χ4n) is 2.72. The van der Waals surface area contributed by atoms with E-state index in [1.165, 1.54) is 6.07 Å². The summed E-state index contributed by atoms with van der Waals surface area (Å²) in [5.41, 5.74) is -0.986. The largest absolute Gasteiger partial charge is 0.492 e. The summed E-state index contributed by atoms with van der Waals surface area (Å²) in [5.74, 6) is 0.712. The van der Waals surface area contributed by atoms with Crippen LogP contribution in [-0.4, -0.2) is 19.7 Å². The van der Waals surface area contributed by atoms with Crippen LogP contribution < -0.4 is 9.64 Å². The molecule has 2 aromatic rings. The van der Waals surface area contributed by atoms with Crippen LogP contribution in [0.5, 0.6) is 5.75 Å². The highest BCUT2D eigenvalue weighted by molar-refractivity contribution is 5.55. The zero-order valence-electron chi connectivity index (χ0n) is 15.7. The molecule has 0 N–H and O–H groups in total. The Labute approximate surface area is 158 Å². The van der Waals surface area contributed by atoms with E-state index in [0.29, 0.717) is 31.1 Å². The number of hydrogen-bond acceptors (Lipinski definition) is 3. The van der Waals surface area contributed by atoms with Crippen LogP contribution in [0.2, 0.25) is 0 Å². The zero-order valence-corrected chi connectivity index (χ0v) is 15.7. The molecule has 0 aromatic heterocycles. The van der Waals surface area contributed by atoms with Crippen LogP contribution in [0, 0.1) is 16.7 Å². The summed E-state index contributed by atoms with van der Waals surface area (Å²) in [4.78, 5) is 1.86.